The second-order valence-electron chi connectivity index (χ2n) is 6.53. The summed E-state index contributed by atoms with van der Waals surface area (Å²) in [4.78, 5) is 18.1. The zero-order chi connectivity index (χ0) is 19.5. The van der Waals surface area contributed by atoms with Gasteiger partial charge in [0.2, 0.25) is 0 Å². The number of thioether (sulfide) groups is 1. The van der Waals surface area contributed by atoms with Crippen molar-refractivity contribution in [3.8, 4) is 11.4 Å². The maximum atomic E-state index is 12.6. The van der Waals surface area contributed by atoms with Gasteiger partial charge in [0.25, 0.3) is 5.56 Å². The average Bonchev–Trinajstić information content (AvgIpc) is 2.73. The number of hydrogen-bond donors (Lipinski definition) is 0. The van der Waals surface area contributed by atoms with Crippen LogP contribution in [0.25, 0.3) is 16.7 Å². The van der Waals surface area contributed by atoms with E-state index in [1.807, 2.05) is 61.5 Å². The minimum Gasteiger partial charge on any atom is -0.495 e. The fourth-order valence-electron chi connectivity index (χ4n) is 3.15. The Morgan fingerprint density at radius 2 is 1.86 bits per heavy atom. The van der Waals surface area contributed by atoms with Crippen molar-refractivity contribution in [3.63, 3.8) is 0 Å². The van der Waals surface area contributed by atoms with Crippen LogP contribution in [0.5, 0.6) is 5.75 Å². The van der Waals surface area contributed by atoms with Crippen molar-refractivity contribution in [1.82, 2.24) is 9.55 Å². The first-order valence-corrected chi connectivity index (χ1v) is 9.98. The van der Waals surface area contributed by atoms with E-state index in [0.29, 0.717) is 5.75 Å². The van der Waals surface area contributed by atoms with Crippen LogP contribution in [-0.2, 0) is 5.75 Å². The number of methoxy groups -OCH3 is 1. The summed E-state index contributed by atoms with van der Waals surface area (Å²) < 4.78 is 7.17. The summed E-state index contributed by atoms with van der Waals surface area (Å²) >= 11 is 1.75. The first-order chi connectivity index (χ1) is 13.7. The standard InChI is InChI=1S/C23H20N2O2S/c1-16-8-10-21(22(12-16)27-2)25-20-11-9-18(13-19(20)24-14-23(25)26)28-15-17-6-4-3-5-7-17/h3-14H,15H2,1-2H3. The van der Waals surface area contributed by atoms with Gasteiger partial charge in [-0.05, 0) is 48.4 Å². The normalized spacial score (nSPS) is 10.9. The predicted octanol–water partition coefficient (Wildman–Crippen LogP) is 5.00. The second-order valence-corrected chi connectivity index (χ2v) is 7.58. The second kappa shape index (κ2) is 7.90. The lowest BCUT2D eigenvalue weighted by Crippen LogP contribution is -2.19. The van der Waals surface area contributed by atoms with Crippen LogP contribution in [-0.4, -0.2) is 16.7 Å². The lowest BCUT2D eigenvalue weighted by molar-refractivity contribution is 0.412. The molecule has 4 nitrogen and oxygen atoms in total. The van der Waals surface area contributed by atoms with Gasteiger partial charge in [-0.25, -0.2) is 4.98 Å². The summed E-state index contributed by atoms with van der Waals surface area (Å²) in [6, 6.07) is 22.2. The van der Waals surface area contributed by atoms with Gasteiger partial charge in [0.05, 0.1) is 30.0 Å². The molecule has 0 aliphatic carbocycles. The lowest BCUT2D eigenvalue weighted by Gasteiger charge is -2.14. The highest BCUT2D eigenvalue weighted by Gasteiger charge is 2.12. The molecule has 0 fully saturated rings. The maximum Gasteiger partial charge on any atom is 0.274 e. The molecule has 140 valence electrons. The molecule has 4 aromatic rings. The van der Waals surface area contributed by atoms with Gasteiger partial charge >= 0.3 is 0 Å². The van der Waals surface area contributed by atoms with E-state index in [4.69, 9.17) is 4.74 Å². The van der Waals surface area contributed by atoms with Crippen LogP contribution in [0.1, 0.15) is 11.1 Å². The van der Waals surface area contributed by atoms with E-state index < -0.39 is 0 Å². The predicted molar refractivity (Wildman–Crippen MR) is 115 cm³/mol. The zero-order valence-corrected chi connectivity index (χ0v) is 16.6. The molecule has 3 aromatic carbocycles. The molecule has 0 unspecified atom stereocenters. The Labute approximate surface area is 167 Å². The largest absolute Gasteiger partial charge is 0.495 e. The average molecular weight is 388 g/mol. The van der Waals surface area contributed by atoms with Crippen LogP contribution in [0.3, 0.4) is 0 Å². The Balaban J connectivity index is 1.75. The van der Waals surface area contributed by atoms with Crippen molar-refractivity contribution in [2.75, 3.05) is 7.11 Å². The molecule has 5 heteroatoms. The van der Waals surface area contributed by atoms with Gasteiger partial charge in [0, 0.05) is 10.6 Å². The van der Waals surface area contributed by atoms with Gasteiger partial charge in [-0.1, -0.05) is 36.4 Å². The minimum absolute atomic E-state index is 0.181. The van der Waals surface area contributed by atoms with E-state index >= 15 is 0 Å². The van der Waals surface area contributed by atoms with Crippen LogP contribution in [0.15, 0.2) is 82.6 Å². The first-order valence-electron chi connectivity index (χ1n) is 8.99. The van der Waals surface area contributed by atoms with Crippen molar-refractivity contribution in [3.05, 3.63) is 94.4 Å². The first kappa shape index (κ1) is 18.3. The molecule has 0 saturated heterocycles. The Kier molecular flexibility index (Phi) is 5.17. The van der Waals surface area contributed by atoms with Crippen LogP contribution in [0, 0.1) is 6.92 Å². The molecule has 0 bridgehead atoms. The summed E-state index contributed by atoms with van der Waals surface area (Å²) in [5.74, 6) is 1.55. The number of aromatic nitrogens is 2. The van der Waals surface area contributed by atoms with Gasteiger partial charge in [-0.3, -0.25) is 9.36 Å². The highest BCUT2D eigenvalue weighted by molar-refractivity contribution is 7.98. The molecule has 1 heterocycles. The minimum atomic E-state index is -0.181. The highest BCUT2D eigenvalue weighted by atomic mass is 32.2. The molecule has 0 atom stereocenters. The van der Waals surface area contributed by atoms with E-state index in [-0.39, 0.29) is 5.56 Å². The molecule has 0 N–H and O–H groups in total. The zero-order valence-electron chi connectivity index (χ0n) is 15.8. The fraction of sp³-hybridized carbons (Fsp3) is 0.130. The van der Waals surface area contributed by atoms with Crippen molar-refractivity contribution < 1.29 is 4.74 Å². The third-order valence-corrected chi connectivity index (χ3v) is 5.61. The number of nitrogens with zero attached hydrogens (tertiary/aromatic N) is 2. The Morgan fingerprint density at radius 3 is 2.64 bits per heavy atom. The quantitative estimate of drug-likeness (QED) is 0.452. The van der Waals surface area contributed by atoms with Gasteiger partial charge in [0.1, 0.15) is 5.75 Å². The van der Waals surface area contributed by atoms with Gasteiger partial charge in [-0.15, -0.1) is 11.8 Å². The summed E-state index contributed by atoms with van der Waals surface area (Å²) in [6.07, 6.45) is 1.37. The third-order valence-electron chi connectivity index (χ3n) is 4.55. The van der Waals surface area contributed by atoms with Crippen LogP contribution >= 0.6 is 11.8 Å². The van der Waals surface area contributed by atoms with Gasteiger partial charge < -0.3 is 4.74 Å². The van der Waals surface area contributed by atoms with Gasteiger partial charge in [0.15, 0.2) is 0 Å². The molecule has 4 rings (SSSR count). The highest BCUT2D eigenvalue weighted by Crippen LogP contribution is 2.29. The molecule has 0 spiro atoms. The number of benzene rings is 3. The number of aryl methyl sites for hydroxylation is 1. The molecule has 0 aliphatic heterocycles. The maximum absolute atomic E-state index is 12.6. The topological polar surface area (TPSA) is 44.1 Å². The number of ether oxygens (including phenoxy) is 1. The van der Waals surface area contributed by atoms with Gasteiger partial charge in [-0.2, -0.15) is 0 Å². The van der Waals surface area contributed by atoms with Crippen LogP contribution in [0.4, 0.5) is 0 Å². The lowest BCUT2D eigenvalue weighted by atomic mass is 10.2. The molecule has 28 heavy (non-hydrogen) atoms. The summed E-state index contributed by atoms with van der Waals surface area (Å²) in [5.41, 5.74) is 4.43. The monoisotopic (exact) mass is 388 g/mol. The van der Waals surface area contributed by atoms with E-state index in [2.05, 4.69) is 17.1 Å². The van der Waals surface area contributed by atoms with Crippen molar-refractivity contribution >= 4 is 22.8 Å². The molecule has 0 radical (unpaired) electrons. The molecular weight excluding hydrogens is 368 g/mol. The van der Waals surface area contributed by atoms with E-state index in [0.717, 1.165) is 32.9 Å². The number of rotatable bonds is 5. The molecule has 0 amide bonds. The SMILES string of the molecule is COc1cc(C)ccc1-n1c(=O)cnc2cc(SCc3ccccc3)ccc21. The van der Waals surface area contributed by atoms with Crippen molar-refractivity contribution in [2.24, 2.45) is 0 Å². The summed E-state index contributed by atoms with van der Waals surface area (Å²) in [5, 5.41) is 0. The molecule has 0 aliphatic rings. The third kappa shape index (κ3) is 3.66. The van der Waals surface area contributed by atoms with Crippen LogP contribution < -0.4 is 10.3 Å². The molecule has 0 saturated carbocycles. The Hall–Kier alpha value is -3.05. The fourth-order valence-corrected chi connectivity index (χ4v) is 4.03. The number of fused-ring (bicyclic) bond motifs is 1. The van der Waals surface area contributed by atoms with E-state index in [9.17, 15) is 4.79 Å². The van der Waals surface area contributed by atoms with Crippen molar-refractivity contribution in [2.45, 2.75) is 17.6 Å². The van der Waals surface area contributed by atoms with E-state index in [1.54, 1.807) is 23.4 Å². The Morgan fingerprint density at radius 1 is 1.04 bits per heavy atom. The molecule has 1 aromatic heterocycles. The smallest absolute Gasteiger partial charge is 0.274 e. The van der Waals surface area contributed by atoms with Crippen molar-refractivity contribution in [1.29, 1.82) is 0 Å². The number of hydrogen-bond acceptors (Lipinski definition) is 4. The van der Waals surface area contributed by atoms with E-state index in [1.165, 1.54) is 11.8 Å². The molecular formula is C23H20N2O2S. The van der Waals surface area contributed by atoms with Crippen LogP contribution in [0.2, 0.25) is 0 Å². The Bertz CT molecular complexity index is 1190. The summed E-state index contributed by atoms with van der Waals surface area (Å²) in [6.45, 7) is 2.00. The summed E-state index contributed by atoms with van der Waals surface area (Å²) in [7, 11) is 1.62.